The number of anilines is 1. The number of nitrogens with one attached hydrogen (secondary N) is 1. The van der Waals surface area contributed by atoms with Gasteiger partial charge in [0.25, 0.3) is 0 Å². The molecule has 1 saturated heterocycles. The van der Waals surface area contributed by atoms with Crippen LogP contribution >= 0.6 is 11.6 Å². The number of carbonyl (C=O) groups excluding carboxylic acids is 3. The van der Waals surface area contributed by atoms with E-state index in [0.717, 1.165) is 12.1 Å². The number of carbonyl (C=O) groups is 3. The Morgan fingerprint density at radius 1 is 1.17 bits per heavy atom. The van der Waals surface area contributed by atoms with Gasteiger partial charge in [-0.1, -0.05) is 29.8 Å². The highest BCUT2D eigenvalue weighted by atomic mass is 35.5. The standard InChI is InChI=1S/C20H14ClF3N2O4/c21-14-6-5-10(9-13(14)20(22,23)24)25-17(28)15-7-8-16(27)26(15)18-11-3-1-2-4-12(11)19(29)30-18/h1-6,9,15,18H,7-8H2,(H,25,28)/t15-,18+/m0/s1. The van der Waals surface area contributed by atoms with Crippen molar-refractivity contribution in [2.24, 2.45) is 0 Å². The molecule has 156 valence electrons. The summed E-state index contributed by atoms with van der Waals surface area (Å²) in [6.45, 7) is 0. The van der Waals surface area contributed by atoms with Crippen LogP contribution in [0.25, 0.3) is 0 Å². The number of alkyl halides is 3. The Bertz CT molecular complexity index is 1060. The van der Waals surface area contributed by atoms with Crippen molar-refractivity contribution < 1.29 is 32.3 Å². The maximum Gasteiger partial charge on any atom is 0.417 e. The summed E-state index contributed by atoms with van der Waals surface area (Å²) in [5.41, 5.74) is -0.435. The smallest absolute Gasteiger partial charge is 0.417 e. The number of likely N-dealkylation sites (tertiary alicyclic amines) is 1. The normalized spacial score (nSPS) is 20.9. The number of hydrogen-bond donors (Lipinski definition) is 1. The van der Waals surface area contributed by atoms with Crippen LogP contribution in [0.1, 0.15) is 40.6 Å². The molecule has 30 heavy (non-hydrogen) atoms. The number of halogens is 4. The van der Waals surface area contributed by atoms with E-state index in [0.29, 0.717) is 11.1 Å². The minimum absolute atomic E-state index is 0.0444. The summed E-state index contributed by atoms with van der Waals surface area (Å²) in [6.07, 6.45) is -5.56. The number of benzene rings is 2. The Balaban J connectivity index is 1.59. The lowest BCUT2D eigenvalue weighted by Gasteiger charge is -2.29. The van der Waals surface area contributed by atoms with Gasteiger partial charge in [0.15, 0.2) is 0 Å². The van der Waals surface area contributed by atoms with E-state index in [-0.39, 0.29) is 18.5 Å². The fourth-order valence-electron chi connectivity index (χ4n) is 3.63. The molecule has 0 saturated carbocycles. The molecule has 4 rings (SSSR count). The molecule has 0 radical (unpaired) electrons. The van der Waals surface area contributed by atoms with Gasteiger partial charge in [0, 0.05) is 17.7 Å². The fraction of sp³-hybridized carbons (Fsp3) is 0.250. The topological polar surface area (TPSA) is 75.7 Å². The van der Waals surface area contributed by atoms with Crippen LogP contribution in [0.5, 0.6) is 0 Å². The van der Waals surface area contributed by atoms with Crippen LogP contribution in [0.2, 0.25) is 5.02 Å². The molecular weight excluding hydrogens is 425 g/mol. The van der Waals surface area contributed by atoms with Gasteiger partial charge in [0.05, 0.1) is 16.1 Å². The zero-order valence-electron chi connectivity index (χ0n) is 15.2. The average Bonchev–Trinajstić information content (AvgIpc) is 3.22. The van der Waals surface area contributed by atoms with Gasteiger partial charge >= 0.3 is 12.1 Å². The molecule has 0 aliphatic carbocycles. The molecule has 2 aromatic carbocycles. The van der Waals surface area contributed by atoms with Crippen molar-refractivity contribution in [3.8, 4) is 0 Å². The Morgan fingerprint density at radius 3 is 2.63 bits per heavy atom. The van der Waals surface area contributed by atoms with Gasteiger partial charge in [-0.05, 0) is 30.7 Å². The zero-order valence-corrected chi connectivity index (χ0v) is 16.0. The van der Waals surface area contributed by atoms with Gasteiger partial charge in [-0.25, -0.2) is 4.79 Å². The summed E-state index contributed by atoms with van der Waals surface area (Å²) < 4.78 is 44.5. The summed E-state index contributed by atoms with van der Waals surface area (Å²) in [5, 5.41) is 1.91. The molecule has 0 unspecified atom stereocenters. The Hall–Kier alpha value is -3.07. The highest BCUT2D eigenvalue weighted by Crippen LogP contribution is 2.39. The lowest BCUT2D eigenvalue weighted by Crippen LogP contribution is -2.43. The van der Waals surface area contributed by atoms with Gasteiger partial charge in [-0.2, -0.15) is 13.2 Å². The molecule has 2 amide bonds. The summed E-state index contributed by atoms with van der Waals surface area (Å²) in [6, 6.07) is 8.50. The van der Waals surface area contributed by atoms with Crippen LogP contribution in [0.15, 0.2) is 42.5 Å². The first-order valence-corrected chi connectivity index (χ1v) is 9.33. The summed E-state index contributed by atoms with van der Waals surface area (Å²) in [5.74, 6) is -1.68. The van der Waals surface area contributed by atoms with Crippen LogP contribution < -0.4 is 5.32 Å². The van der Waals surface area contributed by atoms with Crippen molar-refractivity contribution in [2.45, 2.75) is 31.3 Å². The molecule has 0 aromatic heterocycles. The number of cyclic esters (lactones) is 1. The van der Waals surface area contributed by atoms with Crippen molar-refractivity contribution >= 4 is 35.1 Å². The van der Waals surface area contributed by atoms with E-state index < -0.39 is 46.8 Å². The highest BCUT2D eigenvalue weighted by molar-refractivity contribution is 6.31. The maximum atomic E-state index is 13.1. The highest BCUT2D eigenvalue weighted by Gasteiger charge is 2.46. The van der Waals surface area contributed by atoms with Crippen molar-refractivity contribution in [1.29, 1.82) is 0 Å². The second-order valence-corrected chi connectivity index (χ2v) is 7.29. The predicted molar refractivity (Wildman–Crippen MR) is 99.6 cm³/mol. The van der Waals surface area contributed by atoms with E-state index in [9.17, 15) is 27.6 Å². The van der Waals surface area contributed by atoms with E-state index in [1.807, 2.05) is 0 Å². The number of ether oxygens (including phenoxy) is 1. The summed E-state index contributed by atoms with van der Waals surface area (Å²) in [4.78, 5) is 38.5. The number of amides is 2. The van der Waals surface area contributed by atoms with Crippen LogP contribution in [-0.4, -0.2) is 28.7 Å². The third kappa shape index (κ3) is 3.49. The third-order valence-corrected chi connectivity index (χ3v) is 5.35. The summed E-state index contributed by atoms with van der Waals surface area (Å²) in [7, 11) is 0. The average molecular weight is 439 g/mol. The first-order valence-electron chi connectivity index (χ1n) is 8.95. The largest absolute Gasteiger partial charge is 0.433 e. The SMILES string of the molecule is O=C1O[C@@H](N2C(=O)CC[C@H]2C(=O)Nc2ccc(Cl)c(C(F)(F)F)c2)c2ccccc21. The van der Waals surface area contributed by atoms with Crippen LogP contribution in [0.3, 0.4) is 0 Å². The summed E-state index contributed by atoms with van der Waals surface area (Å²) >= 11 is 5.60. The minimum atomic E-state index is -4.69. The van der Waals surface area contributed by atoms with Crippen molar-refractivity contribution in [1.82, 2.24) is 4.90 Å². The molecule has 10 heteroatoms. The molecule has 1 N–H and O–H groups in total. The Labute approximate surface area is 173 Å². The van der Waals surface area contributed by atoms with Gasteiger partial charge in [-0.3, -0.25) is 14.5 Å². The monoisotopic (exact) mass is 438 g/mol. The second kappa shape index (κ2) is 7.32. The first-order chi connectivity index (χ1) is 14.2. The lowest BCUT2D eigenvalue weighted by molar-refractivity contribution is -0.144. The molecule has 2 heterocycles. The second-order valence-electron chi connectivity index (χ2n) is 6.88. The molecule has 0 spiro atoms. The minimum Gasteiger partial charge on any atom is -0.433 e. The molecular formula is C20H14ClF3N2O4. The van der Waals surface area contributed by atoms with E-state index >= 15 is 0 Å². The number of fused-ring (bicyclic) bond motifs is 1. The van der Waals surface area contributed by atoms with Crippen LogP contribution in [-0.2, 0) is 20.5 Å². The maximum absolute atomic E-state index is 13.1. The van der Waals surface area contributed by atoms with E-state index in [1.165, 1.54) is 11.0 Å². The van der Waals surface area contributed by atoms with Crippen molar-refractivity contribution in [3.05, 3.63) is 64.2 Å². The molecule has 0 bridgehead atoms. The van der Waals surface area contributed by atoms with Crippen molar-refractivity contribution in [2.75, 3.05) is 5.32 Å². The number of hydrogen-bond acceptors (Lipinski definition) is 4. The molecule has 2 aliphatic heterocycles. The quantitative estimate of drug-likeness (QED) is 0.730. The van der Waals surface area contributed by atoms with Crippen LogP contribution in [0.4, 0.5) is 18.9 Å². The van der Waals surface area contributed by atoms with E-state index in [4.69, 9.17) is 16.3 Å². The fourth-order valence-corrected chi connectivity index (χ4v) is 3.86. The first kappa shape index (κ1) is 20.2. The molecule has 2 aromatic rings. The van der Waals surface area contributed by atoms with Crippen LogP contribution in [0, 0.1) is 0 Å². The molecule has 2 atom stereocenters. The third-order valence-electron chi connectivity index (χ3n) is 5.02. The predicted octanol–water partition coefficient (Wildman–Crippen LogP) is 4.16. The lowest BCUT2D eigenvalue weighted by atomic mass is 10.1. The van der Waals surface area contributed by atoms with E-state index in [2.05, 4.69) is 5.32 Å². The van der Waals surface area contributed by atoms with E-state index in [1.54, 1.807) is 24.3 Å². The molecule has 1 fully saturated rings. The van der Waals surface area contributed by atoms with Crippen molar-refractivity contribution in [3.63, 3.8) is 0 Å². The molecule has 2 aliphatic rings. The van der Waals surface area contributed by atoms with Gasteiger partial charge in [-0.15, -0.1) is 0 Å². The number of esters is 1. The molecule has 6 nitrogen and oxygen atoms in total. The number of nitrogens with zero attached hydrogens (tertiary/aromatic N) is 1. The Morgan fingerprint density at radius 2 is 1.90 bits per heavy atom. The van der Waals surface area contributed by atoms with Gasteiger partial charge in [0.1, 0.15) is 6.04 Å². The Kier molecular flexibility index (Phi) is 4.93. The zero-order chi connectivity index (χ0) is 21.6. The van der Waals surface area contributed by atoms with Gasteiger partial charge in [0.2, 0.25) is 18.0 Å². The number of rotatable bonds is 3. The van der Waals surface area contributed by atoms with Gasteiger partial charge < -0.3 is 10.1 Å².